The molecular weight excluding hydrogens is 300 g/mol. The van der Waals surface area contributed by atoms with Crippen molar-refractivity contribution in [2.45, 2.75) is 47.1 Å². The Balaban J connectivity index is 0.000000671. The number of pyridine rings is 1. The highest BCUT2D eigenvalue weighted by Gasteiger charge is 2.27. The fourth-order valence-electron chi connectivity index (χ4n) is 2.72. The number of nitrogens with zero attached hydrogens (tertiary/aromatic N) is 2. The molecule has 24 heavy (non-hydrogen) atoms. The SMILES string of the molecule is CC.CC.COc1ccnc2ccc(N3CCOC(C)(C)C3)cc12. The molecule has 2 heterocycles. The highest BCUT2D eigenvalue weighted by molar-refractivity contribution is 5.88. The van der Waals surface area contributed by atoms with Crippen LogP contribution in [0.3, 0.4) is 0 Å². The Bertz CT molecular complexity index is 626. The third kappa shape index (κ3) is 4.84. The van der Waals surface area contributed by atoms with Crippen LogP contribution in [-0.4, -0.2) is 37.4 Å². The Morgan fingerprint density at radius 1 is 1.12 bits per heavy atom. The van der Waals surface area contributed by atoms with Gasteiger partial charge in [0.05, 0.1) is 24.8 Å². The number of ether oxygens (including phenoxy) is 2. The molecule has 0 spiro atoms. The third-order valence-electron chi connectivity index (χ3n) is 3.70. The Kier molecular flexibility index (Phi) is 7.99. The van der Waals surface area contributed by atoms with Crippen molar-refractivity contribution in [1.82, 2.24) is 4.98 Å². The van der Waals surface area contributed by atoms with E-state index < -0.39 is 0 Å². The van der Waals surface area contributed by atoms with E-state index in [-0.39, 0.29) is 5.60 Å². The minimum Gasteiger partial charge on any atom is -0.496 e. The van der Waals surface area contributed by atoms with E-state index in [9.17, 15) is 0 Å². The molecule has 1 fully saturated rings. The zero-order valence-electron chi connectivity index (χ0n) is 16.2. The van der Waals surface area contributed by atoms with Crippen molar-refractivity contribution in [2.75, 3.05) is 31.7 Å². The zero-order valence-corrected chi connectivity index (χ0v) is 16.2. The maximum Gasteiger partial charge on any atom is 0.129 e. The van der Waals surface area contributed by atoms with Crippen LogP contribution in [-0.2, 0) is 4.74 Å². The fourth-order valence-corrected chi connectivity index (χ4v) is 2.72. The van der Waals surface area contributed by atoms with Gasteiger partial charge in [0, 0.05) is 30.4 Å². The molecule has 4 heteroatoms. The van der Waals surface area contributed by atoms with Crippen molar-refractivity contribution < 1.29 is 9.47 Å². The average molecular weight is 332 g/mol. The summed E-state index contributed by atoms with van der Waals surface area (Å²) >= 11 is 0. The third-order valence-corrected chi connectivity index (χ3v) is 3.70. The highest BCUT2D eigenvalue weighted by atomic mass is 16.5. The number of rotatable bonds is 2. The predicted molar refractivity (Wildman–Crippen MR) is 103 cm³/mol. The average Bonchev–Trinajstić information content (AvgIpc) is 2.63. The van der Waals surface area contributed by atoms with Crippen molar-refractivity contribution in [3.05, 3.63) is 30.5 Å². The van der Waals surface area contributed by atoms with E-state index in [0.717, 1.165) is 36.3 Å². The molecule has 0 amide bonds. The smallest absolute Gasteiger partial charge is 0.129 e. The predicted octanol–water partition coefficient (Wildman–Crippen LogP) is 4.91. The van der Waals surface area contributed by atoms with Crippen molar-refractivity contribution in [3.8, 4) is 5.75 Å². The molecule has 4 nitrogen and oxygen atoms in total. The summed E-state index contributed by atoms with van der Waals surface area (Å²) < 4.78 is 11.2. The van der Waals surface area contributed by atoms with Crippen LogP contribution >= 0.6 is 0 Å². The quantitative estimate of drug-likeness (QED) is 0.782. The normalized spacial score (nSPS) is 15.7. The number of methoxy groups -OCH3 is 1. The number of hydrogen-bond donors (Lipinski definition) is 0. The van der Waals surface area contributed by atoms with Gasteiger partial charge in [-0.1, -0.05) is 27.7 Å². The number of anilines is 1. The first-order valence-corrected chi connectivity index (χ1v) is 8.91. The Morgan fingerprint density at radius 3 is 2.46 bits per heavy atom. The second kappa shape index (κ2) is 9.48. The van der Waals surface area contributed by atoms with Crippen molar-refractivity contribution >= 4 is 16.6 Å². The number of hydrogen-bond acceptors (Lipinski definition) is 4. The molecule has 0 aliphatic carbocycles. The van der Waals surface area contributed by atoms with Crippen LogP contribution in [0.2, 0.25) is 0 Å². The van der Waals surface area contributed by atoms with Gasteiger partial charge in [0.1, 0.15) is 5.75 Å². The molecule has 3 rings (SSSR count). The maximum absolute atomic E-state index is 5.77. The summed E-state index contributed by atoms with van der Waals surface area (Å²) in [6.07, 6.45) is 1.78. The summed E-state index contributed by atoms with van der Waals surface area (Å²) in [5.41, 5.74) is 2.05. The molecule has 2 aromatic rings. The first kappa shape index (κ1) is 20.2. The molecule has 0 radical (unpaired) electrons. The van der Waals surface area contributed by atoms with E-state index in [4.69, 9.17) is 9.47 Å². The molecule has 1 aromatic heterocycles. The Morgan fingerprint density at radius 2 is 1.83 bits per heavy atom. The topological polar surface area (TPSA) is 34.6 Å². The summed E-state index contributed by atoms with van der Waals surface area (Å²) in [7, 11) is 1.69. The first-order valence-electron chi connectivity index (χ1n) is 8.91. The van der Waals surface area contributed by atoms with E-state index in [0.29, 0.717) is 0 Å². The van der Waals surface area contributed by atoms with Gasteiger partial charge in [-0.25, -0.2) is 0 Å². The molecule has 0 N–H and O–H groups in total. The molecule has 1 aliphatic heterocycles. The fraction of sp³-hybridized carbons (Fsp3) is 0.550. The van der Waals surface area contributed by atoms with E-state index >= 15 is 0 Å². The molecule has 1 aliphatic rings. The lowest BCUT2D eigenvalue weighted by atomic mass is 10.1. The molecule has 0 unspecified atom stereocenters. The maximum atomic E-state index is 5.77. The van der Waals surface area contributed by atoms with Gasteiger partial charge in [0.25, 0.3) is 0 Å². The number of aromatic nitrogens is 1. The lowest BCUT2D eigenvalue weighted by molar-refractivity contribution is -0.0276. The molecular formula is C20H32N2O2. The van der Waals surface area contributed by atoms with Crippen LogP contribution in [0.25, 0.3) is 10.9 Å². The number of fused-ring (bicyclic) bond motifs is 1. The van der Waals surface area contributed by atoms with Gasteiger partial charge < -0.3 is 14.4 Å². The van der Waals surface area contributed by atoms with Gasteiger partial charge in [-0.3, -0.25) is 4.98 Å². The van der Waals surface area contributed by atoms with Gasteiger partial charge >= 0.3 is 0 Å². The summed E-state index contributed by atoms with van der Waals surface area (Å²) in [6, 6.07) is 8.23. The van der Waals surface area contributed by atoms with Crippen molar-refractivity contribution in [3.63, 3.8) is 0 Å². The summed E-state index contributed by atoms with van der Waals surface area (Å²) in [6.45, 7) is 14.8. The van der Waals surface area contributed by atoms with Gasteiger partial charge in [-0.05, 0) is 38.1 Å². The van der Waals surface area contributed by atoms with Crippen LogP contribution in [0.5, 0.6) is 5.75 Å². The van der Waals surface area contributed by atoms with Gasteiger partial charge in [0.2, 0.25) is 0 Å². The highest BCUT2D eigenvalue weighted by Crippen LogP contribution is 2.30. The Labute approximate surface area is 146 Å². The minimum absolute atomic E-state index is 0.105. The summed E-state index contributed by atoms with van der Waals surface area (Å²) in [5.74, 6) is 0.865. The summed E-state index contributed by atoms with van der Waals surface area (Å²) in [4.78, 5) is 6.74. The molecule has 0 bridgehead atoms. The van der Waals surface area contributed by atoms with Crippen LogP contribution < -0.4 is 9.64 Å². The van der Waals surface area contributed by atoms with Gasteiger partial charge in [0.15, 0.2) is 0 Å². The van der Waals surface area contributed by atoms with E-state index in [1.54, 1.807) is 13.3 Å². The minimum atomic E-state index is -0.105. The molecule has 134 valence electrons. The summed E-state index contributed by atoms with van der Waals surface area (Å²) in [5, 5.41) is 1.05. The zero-order chi connectivity index (χ0) is 18.2. The number of benzene rings is 1. The van der Waals surface area contributed by atoms with Crippen molar-refractivity contribution in [1.29, 1.82) is 0 Å². The van der Waals surface area contributed by atoms with Crippen LogP contribution in [0.4, 0.5) is 5.69 Å². The van der Waals surface area contributed by atoms with Crippen LogP contribution in [0, 0.1) is 0 Å². The monoisotopic (exact) mass is 332 g/mol. The molecule has 1 saturated heterocycles. The van der Waals surface area contributed by atoms with Gasteiger partial charge in [-0.2, -0.15) is 0 Å². The molecule has 0 saturated carbocycles. The molecule has 1 aromatic carbocycles. The lowest BCUT2D eigenvalue weighted by Crippen LogP contribution is -2.48. The largest absolute Gasteiger partial charge is 0.496 e. The second-order valence-electron chi connectivity index (χ2n) is 5.74. The standard InChI is InChI=1S/C16H20N2O2.2C2H6/c1-16(2)11-18(8-9-20-16)12-4-5-14-13(10-12)15(19-3)6-7-17-14;2*1-2/h4-7,10H,8-9,11H2,1-3H3;2*1-2H3. The van der Waals surface area contributed by atoms with Gasteiger partial charge in [-0.15, -0.1) is 0 Å². The van der Waals surface area contributed by atoms with Crippen molar-refractivity contribution in [2.24, 2.45) is 0 Å². The van der Waals surface area contributed by atoms with E-state index in [1.807, 2.05) is 33.8 Å². The molecule has 0 atom stereocenters. The first-order chi connectivity index (χ1) is 11.6. The van der Waals surface area contributed by atoms with E-state index in [2.05, 4.69) is 41.9 Å². The van der Waals surface area contributed by atoms with Crippen LogP contribution in [0.1, 0.15) is 41.5 Å². The van der Waals surface area contributed by atoms with Crippen LogP contribution in [0.15, 0.2) is 30.5 Å². The van der Waals surface area contributed by atoms with E-state index in [1.165, 1.54) is 5.69 Å². The second-order valence-corrected chi connectivity index (χ2v) is 5.74. The lowest BCUT2D eigenvalue weighted by Gasteiger charge is -2.39. The Hall–Kier alpha value is -1.81. The number of morpholine rings is 1.